The van der Waals surface area contributed by atoms with Crippen LogP contribution in [0.4, 0.5) is 0 Å². The highest BCUT2D eigenvalue weighted by Crippen LogP contribution is 2.40. The van der Waals surface area contributed by atoms with Crippen molar-refractivity contribution in [2.24, 2.45) is 0 Å². The minimum atomic E-state index is -3.45. The van der Waals surface area contributed by atoms with E-state index in [1.165, 1.54) is 38.1 Å². The monoisotopic (exact) mass is 475 g/mol. The topological polar surface area (TPSA) is 90.9 Å². The lowest BCUT2D eigenvalue weighted by Gasteiger charge is -2.31. The van der Waals surface area contributed by atoms with Crippen LogP contribution in [0.2, 0.25) is 0 Å². The van der Waals surface area contributed by atoms with E-state index in [2.05, 4.69) is 5.32 Å². The van der Waals surface area contributed by atoms with Gasteiger partial charge in [-0.1, -0.05) is 24.3 Å². The van der Waals surface area contributed by atoms with Gasteiger partial charge in [-0.3, -0.25) is 0 Å². The highest BCUT2D eigenvalue weighted by Gasteiger charge is 2.38. The van der Waals surface area contributed by atoms with Crippen LogP contribution >= 0.6 is 0 Å². The Balaban J connectivity index is 2.79. The van der Waals surface area contributed by atoms with Crippen LogP contribution < -0.4 is 5.32 Å². The van der Waals surface area contributed by atoms with Crippen LogP contribution in [0.25, 0.3) is 6.08 Å². The number of nitrogens with one attached hydrogen (secondary N) is 1. The van der Waals surface area contributed by atoms with Gasteiger partial charge in [-0.2, -0.15) is 0 Å². The van der Waals surface area contributed by atoms with Gasteiger partial charge >= 0.3 is 17.9 Å². The van der Waals surface area contributed by atoms with Crippen LogP contribution in [-0.2, 0) is 28.6 Å². The first-order valence-corrected chi connectivity index (χ1v) is 9.94. The zero-order valence-corrected chi connectivity index (χ0v) is 19.0. The van der Waals surface area contributed by atoms with Crippen LogP contribution in [0.15, 0.2) is 52.9 Å². The largest absolute Gasteiger partial charge is 0.463 e. The van der Waals surface area contributed by atoms with Gasteiger partial charge in [0.2, 0.25) is 0 Å². The average Bonchev–Trinajstić information content (AvgIpc) is 2.79. The maximum absolute atomic E-state index is 13.5. The summed E-state index contributed by atoms with van der Waals surface area (Å²) in [5.41, 5.74) is -1.28. The smallest absolute Gasteiger partial charge is 0.336 e. The van der Waals surface area contributed by atoms with Gasteiger partial charge in [-0.25, -0.2) is 14.4 Å². The molecule has 0 aliphatic carbocycles. The van der Waals surface area contributed by atoms with Crippen molar-refractivity contribution in [3.8, 4) is 0 Å². The zero-order valence-electron chi connectivity index (χ0n) is 29.0. The van der Waals surface area contributed by atoms with Crippen LogP contribution in [0.1, 0.15) is 79.1 Å². The lowest BCUT2D eigenvalue weighted by atomic mass is 9.78. The van der Waals surface area contributed by atoms with Gasteiger partial charge < -0.3 is 19.5 Å². The van der Waals surface area contributed by atoms with Gasteiger partial charge in [-0.05, 0) is 65.5 Å². The number of allylic oxidation sites excluding steroid dienone is 2. The molecule has 0 atom stereocenters. The molecular weight excluding hydrogens is 422 g/mol. The molecule has 0 unspecified atom stereocenters. The quantitative estimate of drug-likeness (QED) is 0.355. The lowest BCUT2D eigenvalue weighted by Crippen LogP contribution is -2.32. The van der Waals surface area contributed by atoms with E-state index in [0.717, 1.165) is 6.08 Å². The summed E-state index contributed by atoms with van der Waals surface area (Å²) in [6, 6.07) is 6.05. The molecule has 1 aliphatic heterocycles. The third-order valence-electron chi connectivity index (χ3n) is 4.60. The Morgan fingerprint density at radius 2 is 1.58 bits per heavy atom. The van der Waals surface area contributed by atoms with Crippen molar-refractivity contribution in [3.05, 3.63) is 64.0 Å². The molecule has 0 amide bonds. The summed E-state index contributed by atoms with van der Waals surface area (Å²) in [4.78, 5) is 39.3. The summed E-state index contributed by atoms with van der Waals surface area (Å²) in [5.74, 6) is -5.19. The van der Waals surface area contributed by atoms with Crippen molar-refractivity contribution in [2.45, 2.75) is 59.8 Å². The van der Waals surface area contributed by atoms with E-state index >= 15 is 0 Å². The van der Waals surface area contributed by atoms with Crippen molar-refractivity contribution >= 4 is 24.0 Å². The molecule has 2 rings (SSSR count). The molecule has 33 heavy (non-hydrogen) atoms. The second-order valence-corrected chi connectivity index (χ2v) is 8.11. The number of hydrogen-bond donors (Lipinski definition) is 1. The summed E-state index contributed by atoms with van der Waals surface area (Å²) in [6.45, 7) is -5.93. The Morgan fingerprint density at radius 3 is 2.09 bits per heavy atom. The molecule has 0 spiro atoms. The van der Waals surface area contributed by atoms with Crippen LogP contribution in [0.3, 0.4) is 0 Å². The van der Waals surface area contributed by atoms with Crippen molar-refractivity contribution in [1.29, 1.82) is 0 Å². The van der Waals surface area contributed by atoms with E-state index in [1.807, 2.05) is 0 Å². The minimum Gasteiger partial charge on any atom is -0.463 e. The molecule has 1 aliphatic rings. The molecule has 1 N–H and O–H groups in total. The molecule has 0 radical (unpaired) electrons. The van der Waals surface area contributed by atoms with Gasteiger partial charge in [0.15, 0.2) is 0 Å². The normalized spacial score (nSPS) is 21.0. The lowest BCUT2D eigenvalue weighted by molar-refractivity contribution is -0.148. The van der Waals surface area contributed by atoms with Crippen molar-refractivity contribution in [1.82, 2.24) is 5.32 Å². The fourth-order valence-electron chi connectivity index (χ4n) is 3.47. The first-order chi connectivity index (χ1) is 19.3. The molecular formula is C26H33NO6. The van der Waals surface area contributed by atoms with E-state index in [0.29, 0.717) is 0 Å². The predicted molar refractivity (Wildman–Crippen MR) is 126 cm³/mol. The Bertz CT molecular complexity index is 1310. The summed E-state index contributed by atoms with van der Waals surface area (Å²) in [6.07, 6.45) is 2.42. The van der Waals surface area contributed by atoms with Crippen LogP contribution in [-0.4, -0.2) is 36.6 Å². The average molecular weight is 476 g/mol. The molecule has 7 nitrogen and oxygen atoms in total. The standard InChI is InChI=1S/C26H33NO6/c1-8-31-24(29)21-16(3)27-17(4)22(25(30)32-9-2)23(21)19-13-11-10-12-18(19)14-15-20(28)33-26(5,6)7/h10-15,23,27H,8-9H2,1-7H3/b15-14+/i1T3,2T3,8T2,9T2. The highest BCUT2D eigenvalue weighted by molar-refractivity contribution is 6.00. The third-order valence-corrected chi connectivity index (χ3v) is 4.60. The molecule has 0 fully saturated rings. The van der Waals surface area contributed by atoms with Crippen molar-refractivity contribution < 1.29 is 42.3 Å². The SMILES string of the molecule is [3H]C([3H])([3H])C([3H])([3H])OC(=O)C1=C(C)NC(C)=C(C(=O)OC([3H])([3H])C([3H])([3H])[3H])C1c1ccccc1/C=C/C(=O)OC(C)(C)C. The highest BCUT2D eigenvalue weighted by atomic mass is 16.6. The fraction of sp³-hybridized carbons (Fsp3) is 0.423. The van der Waals surface area contributed by atoms with Crippen molar-refractivity contribution in [2.75, 3.05) is 13.1 Å². The second kappa shape index (κ2) is 11.0. The van der Waals surface area contributed by atoms with E-state index < -0.39 is 67.4 Å². The Morgan fingerprint density at radius 1 is 1.03 bits per heavy atom. The number of esters is 3. The number of carbonyl (C=O) groups excluding carboxylic acids is 3. The fourth-order valence-corrected chi connectivity index (χ4v) is 3.47. The molecule has 0 saturated carbocycles. The molecule has 178 valence electrons. The van der Waals surface area contributed by atoms with E-state index in [-0.39, 0.29) is 22.5 Å². The van der Waals surface area contributed by atoms with Gasteiger partial charge in [0, 0.05) is 25.7 Å². The molecule has 0 aromatic heterocycles. The minimum absolute atomic E-state index is 0.0233. The summed E-state index contributed by atoms with van der Waals surface area (Å²) in [5, 5.41) is 2.72. The number of hydrogen-bond acceptors (Lipinski definition) is 7. The summed E-state index contributed by atoms with van der Waals surface area (Å²) >= 11 is 0. The molecule has 0 bridgehead atoms. The molecule has 1 heterocycles. The molecule has 1 aromatic rings. The first-order valence-electron chi connectivity index (χ1n) is 14.9. The number of rotatable bonds is 7. The van der Waals surface area contributed by atoms with Crippen molar-refractivity contribution in [3.63, 3.8) is 0 Å². The first kappa shape index (κ1) is 14.7. The zero-order chi connectivity index (χ0) is 33.3. The molecule has 7 heteroatoms. The number of carbonyl (C=O) groups is 3. The van der Waals surface area contributed by atoms with E-state index in [4.69, 9.17) is 27.9 Å². The summed E-state index contributed by atoms with van der Waals surface area (Å²) in [7, 11) is 0. The van der Waals surface area contributed by atoms with Gasteiger partial charge in [-0.15, -0.1) is 0 Å². The molecule has 0 saturated heterocycles. The van der Waals surface area contributed by atoms with Crippen LogP contribution in [0.5, 0.6) is 0 Å². The Labute approximate surface area is 209 Å². The number of ether oxygens (including phenoxy) is 3. The predicted octanol–water partition coefficient (Wildman–Crippen LogP) is 4.40. The van der Waals surface area contributed by atoms with Gasteiger partial charge in [0.1, 0.15) is 5.60 Å². The maximum Gasteiger partial charge on any atom is 0.336 e. The van der Waals surface area contributed by atoms with Gasteiger partial charge in [0.05, 0.1) is 35.7 Å². The summed E-state index contributed by atoms with van der Waals surface area (Å²) < 4.78 is 90.5. The number of benzene rings is 1. The number of dihydropyridines is 1. The maximum atomic E-state index is 13.5. The molecule has 1 aromatic carbocycles. The Hall–Kier alpha value is -3.35. The second-order valence-electron chi connectivity index (χ2n) is 8.11. The van der Waals surface area contributed by atoms with Gasteiger partial charge in [0.25, 0.3) is 0 Å². The van der Waals surface area contributed by atoms with E-state index in [1.54, 1.807) is 26.8 Å². The third kappa shape index (κ3) is 6.57. The Kier molecular flexibility index (Phi) is 4.90. The van der Waals surface area contributed by atoms with E-state index in [9.17, 15) is 14.4 Å². The van der Waals surface area contributed by atoms with Crippen LogP contribution in [0, 0.1) is 0 Å².